The van der Waals surface area contributed by atoms with Gasteiger partial charge in [-0.2, -0.15) is 0 Å². The molecule has 25 heavy (non-hydrogen) atoms. The Morgan fingerprint density at radius 2 is 1.92 bits per heavy atom. The van der Waals surface area contributed by atoms with Gasteiger partial charge in [-0.25, -0.2) is 0 Å². The Labute approximate surface area is 148 Å². The van der Waals surface area contributed by atoms with Crippen LogP contribution in [0.25, 0.3) is 0 Å². The predicted octanol–water partition coefficient (Wildman–Crippen LogP) is 2.78. The summed E-state index contributed by atoms with van der Waals surface area (Å²) in [6.45, 7) is 7.46. The first-order valence-electron chi connectivity index (χ1n) is 8.89. The highest BCUT2D eigenvalue weighted by Gasteiger charge is 2.28. The van der Waals surface area contributed by atoms with E-state index >= 15 is 0 Å². The average molecular weight is 348 g/mol. The molecule has 138 valence electrons. The minimum absolute atomic E-state index is 0.0224. The van der Waals surface area contributed by atoms with Gasteiger partial charge in [0.15, 0.2) is 0 Å². The predicted molar refractivity (Wildman–Crippen MR) is 98.7 cm³/mol. The molecule has 1 aliphatic heterocycles. The van der Waals surface area contributed by atoms with Crippen molar-refractivity contribution in [3.8, 4) is 0 Å². The molecule has 0 radical (unpaired) electrons. The van der Waals surface area contributed by atoms with E-state index in [0.29, 0.717) is 18.8 Å². The maximum Gasteiger partial charge on any atom is 0.292 e. The van der Waals surface area contributed by atoms with Crippen molar-refractivity contribution >= 4 is 17.3 Å². The number of benzene rings is 1. The summed E-state index contributed by atoms with van der Waals surface area (Å²) < 4.78 is 0. The summed E-state index contributed by atoms with van der Waals surface area (Å²) in [6.07, 6.45) is 4.01. The number of likely N-dealkylation sites (tertiary alicyclic amines) is 1. The minimum atomic E-state index is -0.427. The fourth-order valence-corrected chi connectivity index (χ4v) is 3.11. The SMILES string of the molecule is CC(C)(CNC(=O)CCNc1ccccc1[N+](=O)[O-])N1CCCCC1. The third-order valence-electron chi connectivity index (χ3n) is 4.70. The summed E-state index contributed by atoms with van der Waals surface area (Å²) in [5.74, 6) is -0.0452. The lowest BCUT2D eigenvalue weighted by molar-refractivity contribution is -0.384. The Morgan fingerprint density at radius 3 is 2.60 bits per heavy atom. The van der Waals surface area contributed by atoms with Crippen LogP contribution in [0.1, 0.15) is 39.5 Å². The monoisotopic (exact) mass is 348 g/mol. The lowest BCUT2D eigenvalue weighted by Crippen LogP contribution is -2.53. The number of para-hydroxylation sites is 2. The Balaban J connectivity index is 1.75. The van der Waals surface area contributed by atoms with Gasteiger partial charge in [0, 0.05) is 31.1 Å². The van der Waals surface area contributed by atoms with Gasteiger partial charge in [0.25, 0.3) is 5.69 Å². The van der Waals surface area contributed by atoms with Gasteiger partial charge in [-0.1, -0.05) is 18.6 Å². The van der Waals surface area contributed by atoms with Crippen LogP contribution in [0, 0.1) is 10.1 Å². The van der Waals surface area contributed by atoms with E-state index in [4.69, 9.17) is 0 Å². The lowest BCUT2D eigenvalue weighted by atomic mass is 9.98. The van der Waals surface area contributed by atoms with E-state index in [1.807, 2.05) is 0 Å². The number of carbonyl (C=O) groups is 1. The van der Waals surface area contributed by atoms with Crippen molar-refractivity contribution in [2.24, 2.45) is 0 Å². The number of piperidine rings is 1. The summed E-state index contributed by atoms with van der Waals surface area (Å²) in [4.78, 5) is 25.0. The molecule has 0 unspecified atom stereocenters. The minimum Gasteiger partial charge on any atom is -0.379 e. The number of carbonyl (C=O) groups excluding carboxylic acids is 1. The Bertz CT molecular complexity index is 598. The molecule has 0 aromatic heterocycles. The van der Waals surface area contributed by atoms with E-state index in [1.165, 1.54) is 25.3 Å². The van der Waals surface area contributed by atoms with Gasteiger partial charge < -0.3 is 10.6 Å². The van der Waals surface area contributed by atoms with E-state index in [0.717, 1.165) is 13.1 Å². The number of nitrogens with one attached hydrogen (secondary N) is 2. The second-order valence-corrected chi connectivity index (χ2v) is 7.09. The van der Waals surface area contributed by atoms with Crippen molar-refractivity contribution in [1.29, 1.82) is 0 Å². The van der Waals surface area contributed by atoms with Gasteiger partial charge in [-0.05, 0) is 45.8 Å². The summed E-state index contributed by atoms with van der Waals surface area (Å²) in [5, 5.41) is 16.9. The molecule has 1 aromatic rings. The number of nitro groups is 1. The van der Waals surface area contributed by atoms with Gasteiger partial charge in [0.2, 0.25) is 5.91 Å². The van der Waals surface area contributed by atoms with Crippen LogP contribution >= 0.6 is 0 Å². The Hall–Kier alpha value is -2.15. The van der Waals surface area contributed by atoms with Gasteiger partial charge in [-0.15, -0.1) is 0 Å². The average Bonchev–Trinajstić information content (AvgIpc) is 2.61. The summed E-state index contributed by atoms with van der Waals surface area (Å²) in [5.41, 5.74) is 0.407. The molecule has 7 nitrogen and oxygen atoms in total. The number of hydrogen-bond acceptors (Lipinski definition) is 5. The number of anilines is 1. The van der Waals surface area contributed by atoms with Gasteiger partial charge in [0.05, 0.1) is 4.92 Å². The number of amides is 1. The zero-order chi connectivity index (χ0) is 18.3. The van der Waals surface area contributed by atoms with Crippen LogP contribution in [0.2, 0.25) is 0 Å². The highest BCUT2D eigenvalue weighted by Crippen LogP contribution is 2.23. The van der Waals surface area contributed by atoms with Crippen LogP contribution in [0.3, 0.4) is 0 Å². The zero-order valence-electron chi connectivity index (χ0n) is 15.1. The van der Waals surface area contributed by atoms with Gasteiger partial charge in [-0.3, -0.25) is 19.8 Å². The quantitative estimate of drug-likeness (QED) is 0.557. The second kappa shape index (κ2) is 8.80. The molecule has 7 heteroatoms. The first-order valence-corrected chi connectivity index (χ1v) is 8.89. The molecule has 2 rings (SSSR count). The highest BCUT2D eigenvalue weighted by molar-refractivity contribution is 5.76. The number of nitro benzene ring substituents is 1. The number of hydrogen-bond donors (Lipinski definition) is 2. The fourth-order valence-electron chi connectivity index (χ4n) is 3.11. The molecular formula is C18H28N4O3. The van der Waals surface area contributed by atoms with Gasteiger partial charge in [0.1, 0.15) is 5.69 Å². The maximum atomic E-state index is 12.1. The molecular weight excluding hydrogens is 320 g/mol. The fraction of sp³-hybridized carbons (Fsp3) is 0.611. The molecule has 1 aliphatic rings. The summed E-state index contributed by atoms with van der Waals surface area (Å²) in [7, 11) is 0. The van der Waals surface area contributed by atoms with Crippen molar-refractivity contribution < 1.29 is 9.72 Å². The third kappa shape index (κ3) is 5.70. The van der Waals surface area contributed by atoms with E-state index in [-0.39, 0.29) is 23.6 Å². The molecule has 1 heterocycles. The molecule has 0 saturated carbocycles. The molecule has 1 fully saturated rings. The maximum absolute atomic E-state index is 12.1. The largest absolute Gasteiger partial charge is 0.379 e. The van der Waals surface area contributed by atoms with Crippen molar-refractivity contribution in [3.63, 3.8) is 0 Å². The van der Waals surface area contributed by atoms with Crippen molar-refractivity contribution in [2.45, 2.75) is 45.1 Å². The van der Waals surface area contributed by atoms with E-state index in [1.54, 1.807) is 18.2 Å². The first-order chi connectivity index (χ1) is 11.9. The van der Waals surface area contributed by atoms with Crippen LogP contribution in [0.5, 0.6) is 0 Å². The molecule has 1 aromatic carbocycles. The molecule has 0 spiro atoms. The summed E-state index contributed by atoms with van der Waals surface area (Å²) >= 11 is 0. The highest BCUT2D eigenvalue weighted by atomic mass is 16.6. The molecule has 0 bridgehead atoms. The zero-order valence-corrected chi connectivity index (χ0v) is 15.1. The third-order valence-corrected chi connectivity index (χ3v) is 4.70. The smallest absolute Gasteiger partial charge is 0.292 e. The standard InChI is InChI=1S/C18H28N4O3/c1-18(2,21-12-6-3-7-13-21)14-20-17(23)10-11-19-15-8-4-5-9-16(15)22(24)25/h4-5,8-9,19H,3,6-7,10-14H2,1-2H3,(H,20,23). The van der Waals surface area contributed by atoms with Crippen LogP contribution < -0.4 is 10.6 Å². The van der Waals surface area contributed by atoms with Crippen LogP contribution in [0.4, 0.5) is 11.4 Å². The van der Waals surface area contributed by atoms with Crippen LogP contribution in [0.15, 0.2) is 24.3 Å². The van der Waals surface area contributed by atoms with Crippen molar-refractivity contribution in [2.75, 3.05) is 31.5 Å². The molecule has 0 aliphatic carbocycles. The topological polar surface area (TPSA) is 87.5 Å². The second-order valence-electron chi connectivity index (χ2n) is 7.09. The Kier molecular flexibility index (Phi) is 6.75. The first kappa shape index (κ1) is 19.2. The molecule has 0 atom stereocenters. The van der Waals surface area contributed by atoms with Crippen molar-refractivity contribution in [1.82, 2.24) is 10.2 Å². The van der Waals surface area contributed by atoms with Crippen LogP contribution in [-0.4, -0.2) is 47.4 Å². The van der Waals surface area contributed by atoms with E-state index < -0.39 is 4.92 Å². The van der Waals surface area contributed by atoms with Crippen LogP contribution in [-0.2, 0) is 4.79 Å². The number of rotatable bonds is 8. The van der Waals surface area contributed by atoms with E-state index in [2.05, 4.69) is 29.4 Å². The molecule has 1 amide bonds. The summed E-state index contributed by atoms with van der Waals surface area (Å²) in [6, 6.07) is 6.45. The van der Waals surface area contributed by atoms with Crippen molar-refractivity contribution in [3.05, 3.63) is 34.4 Å². The van der Waals surface area contributed by atoms with E-state index in [9.17, 15) is 14.9 Å². The molecule has 2 N–H and O–H groups in total. The number of nitrogens with zero attached hydrogens (tertiary/aromatic N) is 2. The lowest BCUT2D eigenvalue weighted by Gasteiger charge is -2.41. The Morgan fingerprint density at radius 1 is 1.24 bits per heavy atom. The molecule has 1 saturated heterocycles. The normalized spacial score (nSPS) is 15.6. The van der Waals surface area contributed by atoms with Gasteiger partial charge >= 0.3 is 0 Å².